The van der Waals surface area contributed by atoms with E-state index in [1.807, 2.05) is 56.6 Å². The second kappa shape index (κ2) is 12.8. The number of nitrogens with one attached hydrogen (secondary N) is 2. The highest BCUT2D eigenvalue weighted by molar-refractivity contribution is 14.0. The molecule has 0 aliphatic carbocycles. The van der Waals surface area contributed by atoms with Crippen LogP contribution in [0.3, 0.4) is 0 Å². The number of likely N-dealkylation sites (N-methyl/N-ethyl adjacent to an activating group) is 1. The Balaban J connectivity index is 0.00000364. The highest BCUT2D eigenvalue weighted by Gasteiger charge is 2.05. The molecule has 27 heavy (non-hydrogen) atoms. The topological polar surface area (TPSA) is 48.9 Å². The van der Waals surface area contributed by atoms with Crippen molar-refractivity contribution in [2.75, 3.05) is 34.3 Å². The summed E-state index contributed by atoms with van der Waals surface area (Å²) in [6.45, 7) is 2.86. The molecule has 0 heterocycles. The Kier molecular flexibility index (Phi) is 11.2. The van der Waals surface area contributed by atoms with Gasteiger partial charge in [-0.2, -0.15) is 0 Å². The van der Waals surface area contributed by atoms with Crippen LogP contribution in [0, 0.1) is 0 Å². The summed E-state index contributed by atoms with van der Waals surface area (Å²) < 4.78 is 5.90. The molecule has 0 atom stereocenters. The number of nitrogens with zero attached hydrogens (tertiary/aromatic N) is 2. The minimum absolute atomic E-state index is 0. The van der Waals surface area contributed by atoms with Crippen molar-refractivity contribution in [3.05, 3.63) is 64.7 Å². The van der Waals surface area contributed by atoms with Gasteiger partial charge in [-0.15, -0.1) is 24.0 Å². The van der Waals surface area contributed by atoms with E-state index in [-0.39, 0.29) is 24.0 Å². The Hall–Kier alpha value is -1.51. The molecular weight excluding hydrogens is 475 g/mol. The molecule has 0 saturated heterocycles. The first-order chi connectivity index (χ1) is 12.6. The average Bonchev–Trinajstić information content (AvgIpc) is 2.64. The van der Waals surface area contributed by atoms with E-state index in [4.69, 9.17) is 16.3 Å². The molecule has 0 bridgehead atoms. The number of halogens is 2. The van der Waals surface area contributed by atoms with E-state index >= 15 is 0 Å². The Morgan fingerprint density at radius 2 is 1.70 bits per heavy atom. The Morgan fingerprint density at radius 3 is 2.37 bits per heavy atom. The fourth-order valence-electron chi connectivity index (χ4n) is 2.32. The number of aliphatic imine (C=N–C) groups is 1. The summed E-state index contributed by atoms with van der Waals surface area (Å²) in [7, 11) is 5.83. The maximum Gasteiger partial charge on any atom is 0.191 e. The van der Waals surface area contributed by atoms with Crippen LogP contribution in [0.2, 0.25) is 5.02 Å². The second-order valence-electron chi connectivity index (χ2n) is 6.17. The molecule has 2 aromatic carbocycles. The molecule has 0 radical (unpaired) electrons. The van der Waals surface area contributed by atoms with Crippen molar-refractivity contribution in [1.29, 1.82) is 0 Å². The Bertz CT molecular complexity index is 707. The van der Waals surface area contributed by atoms with E-state index in [2.05, 4.69) is 26.6 Å². The van der Waals surface area contributed by atoms with Crippen molar-refractivity contribution in [2.45, 2.75) is 13.1 Å². The van der Waals surface area contributed by atoms with E-state index in [1.54, 1.807) is 7.05 Å². The second-order valence-corrected chi connectivity index (χ2v) is 6.60. The van der Waals surface area contributed by atoms with Crippen LogP contribution >= 0.6 is 35.6 Å². The van der Waals surface area contributed by atoms with Gasteiger partial charge < -0.3 is 20.3 Å². The fourth-order valence-corrected chi connectivity index (χ4v) is 2.44. The van der Waals surface area contributed by atoms with Gasteiger partial charge in [0.2, 0.25) is 0 Å². The van der Waals surface area contributed by atoms with Crippen LogP contribution in [-0.4, -0.2) is 45.2 Å². The number of rotatable bonds is 8. The molecular formula is C20H28ClIN4O. The Morgan fingerprint density at radius 1 is 1.04 bits per heavy atom. The molecule has 0 fully saturated rings. The van der Waals surface area contributed by atoms with Crippen LogP contribution in [0.1, 0.15) is 11.1 Å². The van der Waals surface area contributed by atoms with Crippen molar-refractivity contribution in [3.8, 4) is 5.75 Å². The van der Waals surface area contributed by atoms with Gasteiger partial charge in [0.15, 0.2) is 5.96 Å². The summed E-state index contributed by atoms with van der Waals surface area (Å²) in [5.41, 5.74) is 2.24. The lowest BCUT2D eigenvalue weighted by Crippen LogP contribution is -2.36. The van der Waals surface area contributed by atoms with Gasteiger partial charge in [-0.1, -0.05) is 41.9 Å². The van der Waals surface area contributed by atoms with Gasteiger partial charge in [-0.3, -0.25) is 4.99 Å². The number of benzene rings is 2. The molecule has 5 nitrogen and oxygen atoms in total. The predicted molar refractivity (Wildman–Crippen MR) is 124 cm³/mol. The van der Waals surface area contributed by atoms with E-state index < -0.39 is 0 Å². The minimum atomic E-state index is 0. The SMILES string of the molecule is CN=C(NCc1ccc(Cl)cc1)NCc1ccccc1OCCN(C)C.I. The van der Waals surface area contributed by atoms with E-state index in [1.165, 1.54) is 0 Å². The average molecular weight is 503 g/mol. The van der Waals surface area contributed by atoms with E-state index in [0.717, 1.165) is 34.4 Å². The third kappa shape index (κ3) is 8.81. The highest BCUT2D eigenvalue weighted by atomic mass is 127. The molecule has 7 heteroatoms. The number of hydrogen-bond acceptors (Lipinski definition) is 3. The van der Waals surface area contributed by atoms with Gasteiger partial charge in [0, 0.05) is 37.3 Å². The Labute approximate surface area is 184 Å². The van der Waals surface area contributed by atoms with Crippen molar-refractivity contribution in [2.24, 2.45) is 4.99 Å². The van der Waals surface area contributed by atoms with Gasteiger partial charge in [-0.25, -0.2) is 0 Å². The van der Waals surface area contributed by atoms with E-state index in [9.17, 15) is 0 Å². The first kappa shape index (κ1) is 23.5. The molecule has 0 amide bonds. The van der Waals surface area contributed by atoms with Gasteiger partial charge in [-0.05, 0) is 37.9 Å². The normalized spacial score (nSPS) is 11.1. The number of para-hydroxylation sites is 1. The lowest BCUT2D eigenvalue weighted by atomic mass is 10.2. The molecule has 2 aromatic rings. The van der Waals surface area contributed by atoms with Crippen molar-refractivity contribution < 1.29 is 4.74 Å². The quantitative estimate of drug-likeness (QED) is 0.328. The predicted octanol–water partition coefficient (Wildman–Crippen LogP) is 3.76. The maximum absolute atomic E-state index is 5.92. The van der Waals surface area contributed by atoms with Gasteiger partial charge in [0.05, 0.1) is 0 Å². The summed E-state index contributed by atoms with van der Waals surface area (Å²) in [6.07, 6.45) is 0. The molecule has 0 aliphatic heterocycles. The largest absolute Gasteiger partial charge is 0.492 e. The molecule has 0 saturated carbocycles. The van der Waals surface area contributed by atoms with Crippen LogP contribution in [0.15, 0.2) is 53.5 Å². The molecule has 0 spiro atoms. The number of guanidine groups is 1. The zero-order valence-electron chi connectivity index (χ0n) is 16.0. The summed E-state index contributed by atoms with van der Waals surface area (Å²) in [6, 6.07) is 15.8. The van der Waals surface area contributed by atoms with Crippen LogP contribution in [-0.2, 0) is 13.1 Å². The van der Waals surface area contributed by atoms with Gasteiger partial charge in [0.25, 0.3) is 0 Å². The molecule has 0 aromatic heterocycles. The smallest absolute Gasteiger partial charge is 0.191 e. The van der Waals surface area contributed by atoms with Crippen molar-refractivity contribution >= 4 is 41.5 Å². The lowest BCUT2D eigenvalue weighted by Gasteiger charge is -2.16. The lowest BCUT2D eigenvalue weighted by molar-refractivity contribution is 0.259. The zero-order valence-corrected chi connectivity index (χ0v) is 19.1. The minimum Gasteiger partial charge on any atom is -0.492 e. The monoisotopic (exact) mass is 502 g/mol. The van der Waals surface area contributed by atoms with E-state index in [0.29, 0.717) is 19.7 Å². The molecule has 2 N–H and O–H groups in total. The maximum atomic E-state index is 5.92. The van der Waals surface area contributed by atoms with Crippen LogP contribution in [0.25, 0.3) is 0 Å². The molecule has 0 unspecified atom stereocenters. The van der Waals surface area contributed by atoms with Crippen molar-refractivity contribution in [1.82, 2.24) is 15.5 Å². The summed E-state index contributed by atoms with van der Waals surface area (Å²) in [5, 5.41) is 7.37. The summed E-state index contributed by atoms with van der Waals surface area (Å²) in [5.74, 6) is 1.64. The van der Waals surface area contributed by atoms with Crippen LogP contribution in [0.5, 0.6) is 5.75 Å². The number of ether oxygens (including phenoxy) is 1. The third-order valence-corrected chi connectivity index (χ3v) is 4.06. The highest BCUT2D eigenvalue weighted by Crippen LogP contribution is 2.17. The van der Waals surface area contributed by atoms with Gasteiger partial charge >= 0.3 is 0 Å². The number of hydrogen-bond donors (Lipinski definition) is 2. The zero-order chi connectivity index (χ0) is 18.8. The molecule has 0 aliphatic rings. The first-order valence-corrected chi connectivity index (χ1v) is 9.00. The standard InChI is InChI=1S/C20H27ClN4O.HI/c1-22-20(23-14-16-8-10-18(21)11-9-16)24-15-17-6-4-5-7-19(17)26-13-12-25(2)3;/h4-11H,12-15H2,1-3H3,(H2,22,23,24);1H. The fraction of sp³-hybridized carbons (Fsp3) is 0.350. The summed E-state index contributed by atoms with van der Waals surface area (Å²) in [4.78, 5) is 6.37. The summed E-state index contributed by atoms with van der Waals surface area (Å²) >= 11 is 5.92. The van der Waals surface area contributed by atoms with Crippen LogP contribution in [0.4, 0.5) is 0 Å². The van der Waals surface area contributed by atoms with Gasteiger partial charge in [0.1, 0.15) is 12.4 Å². The third-order valence-electron chi connectivity index (χ3n) is 3.81. The molecule has 148 valence electrons. The van der Waals surface area contributed by atoms with Crippen molar-refractivity contribution in [3.63, 3.8) is 0 Å². The first-order valence-electron chi connectivity index (χ1n) is 8.63. The van der Waals surface area contributed by atoms with Crippen LogP contribution < -0.4 is 15.4 Å². The molecule has 2 rings (SSSR count).